The summed E-state index contributed by atoms with van der Waals surface area (Å²) in [6.07, 6.45) is 4.10. The number of rotatable bonds is 4. The number of ether oxygens (including phenoxy) is 2. The molecule has 1 fully saturated rings. The number of likely N-dealkylation sites (tertiary alicyclic amines) is 1. The van der Waals surface area contributed by atoms with Crippen molar-refractivity contribution >= 4 is 11.9 Å². The molecule has 2 aromatic carbocycles. The van der Waals surface area contributed by atoms with Crippen LogP contribution in [0.5, 0.6) is 17.2 Å². The van der Waals surface area contributed by atoms with Crippen molar-refractivity contribution in [2.45, 2.75) is 26.3 Å². The number of ketones is 1. The maximum Gasteiger partial charge on any atom is 0.231 e. The molecule has 0 aromatic heterocycles. The fourth-order valence-corrected chi connectivity index (χ4v) is 3.99. The molecule has 146 valence electrons. The summed E-state index contributed by atoms with van der Waals surface area (Å²) in [6.45, 7) is 4.81. The number of piperidine rings is 1. The van der Waals surface area contributed by atoms with Crippen molar-refractivity contribution in [3.63, 3.8) is 0 Å². The standard InChI is InChI=1S/C23H25NO4/c1-15-5-4-10-24(13-15)14-19-20(25)9-8-18-22(26)21(28-23(18)19)12-16-6-3-7-17(11-16)27-2/h3,6-9,11-12,15,25H,4-5,10,13-14H2,1-2H3/t15-/m1/s1. The summed E-state index contributed by atoms with van der Waals surface area (Å²) in [5.74, 6) is 2.12. The Kier molecular flexibility index (Phi) is 5.09. The summed E-state index contributed by atoms with van der Waals surface area (Å²) in [5.41, 5.74) is 2.02. The van der Waals surface area contributed by atoms with Gasteiger partial charge in [-0.15, -0.1) is 0 Å². The molecule has 0 unspecified atom stereocenters. The first-order valence-corrected chi connectivity index (χ1v) is 9.70. The highest BCUT2D eigenvalue weighted by Gasteiger charge is 2.32. The molecule has 28 heavy (non-hydrogen) atoms. The third-order valence-electron chi connectivity index (χ3n) is 5.43. The van der Waals surface area contributed by atoms with Crippen LogP contribution in [-0.4, -0.2) is 36.0 Å². The van der Waals surface area contributed by atoms with E-state index in [1.807, 2.05) is 24.3 Å². The maximum atomic E-state index is 12.8. The van der Waals surface area contributed by atoms with Gasteiger partial charge in [0.1, 0.15) is 17.2 Å². The van der Waals surface area contributed by atoms with Gasteiger partial charge in [0.15, 0.2) is 5.76 Å². The number of carbonyl (C=O) groups excluding carboxylic acids is 1. The van der Waals surface area contributed by atoms with Crippen LogP contribution >= 0.6 is 0 Å². The number of aromatic hydroxyl groups is 1. The minimum atomic E-state index is -0.161. The lowest BCUT2D eigenvalue weighted by atomic mass is 9.99. The first kappa shape index (κ1) is 18.6. The Labute approximate surface area is 165 Å². The monoisotopic (exact) mass is 379 g/mol. The average molecular weight is 379 g/mol. The van der Waals surface area contributed by atoms with Crippen LogP contribution in [0.1, 0.15) is 41.3 Å². The predicted molar refractivity (Wildman–Crippen MR) is 108 cm³/mol. The molecule has 2 aromatic rings. The van der Waals surface area contributed by atoms with Crippen LogP contribution in [0, 0.1) is 5.92 Å². The number of methoxy groups -OCH3 is 1. The number of benzene rings is 2. The maximum absolute atomic E-state index is 12.8. The van der Waals surface area contributed by atoms with E-state index in [9.17, 15) is 9.90 Å². The third kappa shape index (κ3) is 3.62. The van der Waals surface area contributed by atoms with Gasteiger partial charge >= 0.3 is 0 Å². The molecule has 1 N–H and O–H groups in total. The van der Waals surface area contributed by atoms with Gasteiger partial charge in [-0.25, -0.2) is 0 Å². The quantitative estimate of drug-likeness (QED) is 0.805. The molecule has 0 radical (unpaired) electrons. The van der Waals surface area contributed by atoms with E-state index < -0.39 is 0 Å². The Morgan fingerprint density at radius 1 is 1.32 bits per heavy atom. The van der Waals surface area contributed by atoms with Crippen molar-refractivity contribution in [3.05, 3.63) is 58.8 Å². The van der Waals surface area contributed by atoms with Gasteiger partial charge in [-0.05, 0) is 61.2 Å². The number of phenolic OH excluding ortho intramolecular Hbond substituents is 1. The highest BCUT2D eigenvalue weighted by Crippen LogP contribution is 2.40. The summed E-state index contributed by atoms with van der Waals surface area (Å²) < 4.78 is 11.2. The third-order valence-corrected chi connectivity index (χ3v) is 5.43. The van der Waals surface area contributed by atoms with Crippen molar-refractivity contribution in [2.24, 2.45) is 5.92 Å². The van der Waals surface area contributed by atoms with Crippen LogP contribution < -0.4 is 9.47 Å². The lowest BCUT2D eigenvalue weighted by Crippen LogP contribution is -2.33. The molecule has 5 heteroatoms. The van der Waals surface area contributed by atoms with Crippen LogP contribution in [0.2, 0.25) is 0 Å². The Balaban J connectivity index is 1.63. The Bertz CT molecular complexity index is 934. The molecule has 0 amide bonds. The molecule has 1 saturated heterocycles. The molecule has 2 aliphatic heterocycles. The molecule has 1 atom stereocenters. The van der Waals surface area contributed by atoms with E-state index in [1.54, 1.807) is 25.3 Å². The smallest absolute Gasteiger partial charge is 0.231 e. The molecule has 2 heterocycles. The van der Waals surface area contributed by atoms with Gasteiger partial charge in [0.25, 0.3) is 0 Å². The highest BCUT2D eigenvalue weighted by atomic mass is 16.5. The lowest BCUT2D eigenvalue weighted by molar-refractivity contribution is 0.101. The number of hydrogen-bond acceptors (Lipinski definition) is 5. The number of hydrogen-bond donors (Lipinski definition) is 1. The normalized spacial score (nSPS) is 20.9. The second-order valence-electron chi connectivity index (χ2n) is 7.64. The zero-order valence-electron chi connectivity index (χ0n) is 16.3. The van der Waals surface area contributed by atoms with Crippen LogP contribution in [0.25, 0.3) is 6.08 Å². The lowest BCUT2D eigenvalue weighted by Gasteiger charge is -2.31. The SMILES string of the molecule is COc1cccc(C=C2Oc3c(ccc(O)c3CN3CCC[C@@H](C)C3)C2=O)c1. The average Bonchev–Trinajstić information content (AvgIpc) is 3.00. The van der Waals surface area contributed by atoms with Crippen molar-refractivity contribution < 1.29 is 19.4 Å². The number of nitrogens with zero attached hydrogens (tertiary/aromatic N) is 1. The van der Waals surface area contributed by atoms with Crippen molar-refractivity contribution in [3.8, 4) is 17.2 Å². The zero-order valence-corrected chi connectivity index (χ0v) is 16.3. The molecular weight excluding hydrogens is 354 g/mol. The van der Waals surface area contributed by atoms with Crippen molar-refractivity contribution in [2.75, 3.05) is 20.2 Å². The van der Waals surface area contributed by atoms with Gasteiger partial charge < -0.3 is 14.6 Å². The van der Waals surface area contributed by atoms with Crippen LogP contribution in [0.4, 0.5) is 0 Å². The van der Waals surface area contributed by atoms with Crippen molar-refractivity contribution in [1.82, 2.24) is 4.90 Å². The van der Waals surface area contributed by atoms with Gasteiger partial charge in [-0.2, -0.15) is 0 Å². The van der Waals surface area contributed by atoms with Gasteiger partial charge in [0.05, 0.1) is 18.2 Å². The van der Waals surface area contributed by atoms with E-state index in [0.29, 0.717) is 29.3 Å². The Hall–Kier alpha value is -2.79. The first-order valence-electron chi connectivity index (χ1n) is 9.70. The molecule has 0 saturated carbocycles. The summed E-state index contributed by atoms with van der Waals surface area (Å²) in [5, 5.41) is 10.4. The Morgan fingerprint density at radius 3 is 2.96 bits per heavy atom. The number of carbonyl (C=O) groups is 1. The van der Waals surface area contributed by atoms with E-state index in [1.165, 1.54) is 6.42 Å². The van der Waals surface area contributed by atoms with Gasteiger partial charge in [-0.1, -0.05) is 19.1 Å². The number of fused-ring (bicyclic) bond motifs is 1. The summed E-state index contributed by atoms with van der Waals surface area (Å²) in [7, 11) is 1.61. The minimum absolute atomic E-state index is 0.161. The molecular formula is C23H25NO4. The molecule has 0 bridgehead atoms. The van der Waals surface area contributed by atoms with Gasteiger partial charge in [-0.3, -0.25) is 9.69 Å². The predicted octanol–water partition coefficient (Wildman–Crippen LogP) is 4.25. The van der Waals surface area contributed by atoms with E-state index in [4.69, 9.17) is 9.47 Å². The molecule has 4 rings (SSSR count). The van der Waals surface area contributed by atoms with Crippen LogP contribution in [0.15, 0.2) is 42.2 Å². The summed E-state index contributed by atoms with van der Waals surface area (Å²) in [4.78, 5) is 15.2. The van der Waals surface area contributed by atoms with E-state index in [2.05, 4.69) is 11.8 Å². The molecule has 0 spiro atoms. The van der Waals surface area contributed by atoms with Crippen LogP contribution in [-0.2, 0) is 6.54 Å². The summed E-state index contributed by atoms with van der Waals surface area (Å²) in [6, 6.07) is 10.7. The Morgan fingerprint density at radius 2 is 2.18 bits per heavy atom. The van der Waals surface area contributed by atoms with Gasteiger partial charge in [0.2, 0.25) is 5.78 Å². The largest absolute Gasteiger partial charge is 0.507 e. The van der Waals surface area contributed by atoms with Crippen LogP contribution in [0.3, 0.4) is 0 Å². The first-order chi connectivity index (χ1) is 13.5. The zero-order chi connectivity index (χ0) is 19.7. The molecule has 2 aliphatic rings. The second kappa shape index (κ2) is 7.68. The number of Topliss-reactive ketones (excluding diaryl/α,β-unsaturated/α-hetero) is 1. The second-order valence-corrected chi connectivity index (χ2v) is 7.64. The topological polar surface area (TPSA) is 59.0 Å². The fraction of sp³-hybridized carbons (Fsp3) is 0.348. The van der Waals surface area contributed by atoms with E-state index >= 15 is 0 Å². The molecule has 5 nitrogen and oxygen atoms in total. The van der Waals surface area contributed by atoms with E-state index in [0.717, 1.165) is 30.8 Å². The van der Waals surface area contributed by atoms with Gasteiger partial charge in [0, 0.05) is 13.1 Å². The summed E-state index contributed by atoms with van der Waals surface area (Å²) >= 11 is 0. The van der Waals surface area contributed by atoms with Crippen molar-refractivity contribution in [1.29, 1.82) is 0 Å². The fourth-order valence-electron chi connectivity index (χ4n) is 3.99. The highest BCUT2D eigenvalue weighted by molar-refractivity contribution is 6.15. The molecule has 0 aliphatic carbocycles. The van der Waals surface area contributed by atoms with E-state index in [-0.39, 0.29) is 17.3 Å². The number of allylic oxidation sites excluding steroid dienone is 1. The number of phenols is 1. The minimum Gasteiger partial charge on any atom is -0.507 e.